The summed E-state index contributed by atoms with van der Waals surface area (Å²) in [5, 5.41) is 1.58. The Morgan fingerprint density at radius 1 is 1.04 bits per heavy atom. The number of carbonyl (C=O) groups is 3. The number of benzene rings is 2. The van der Waals surface area contributed by atoms with Gasteiger partial charge in [0.2, 0.25) is 0 Å². The predicted octanol–water partition coefficient (Wildman–Crippen LogP) is 1.38. The molecule has 2 aromatic rings. The lowest BCUT2D eigenvalue weighted by Gasteiger charge is -2.43. The Labute approximate surface area is 161 Å². The van der Waals surface area contributed by atoms with Crippen molar-refractivity contribution in [1.82, 2.24) is 9.80 Å². The van der Waals surface area contributed by atoms with Crippen molar-refractivity contribution in [3.63, 3.8) is 0 Å². The Morgan fingerprint density at radius 2 is 1.79 bits per heavy atom. The first-order chi connectivity index (χ1) is 13.3. The minimum Gasteiger partial charge on any atom is -0.445 e. The molecule has 8 heteroatoms. The van der Waals surface area contributed by atoms with E-state index in [9.17, 15) is 14.4 Å². The van der Waals surface area contributed by atoms with Gasteiger partial charge in [-0.25, -0.2) is 9.59 Å². The molecule has 2 aliphatic heterocycles. The fourth-order valence-electron chi connectivity index (χ4n) is 3.53. The van der Waals surface area contributed by atoms with Gasteiger partial charge in [0.1, 0.15) is 5.75 Å². The highest BCUT2D eigenvalue weighted by molar-refractivity contribution is 6.30. The first-order valence-electron chi connectivity index (χ1n) is 8.89. The molecule has 1 fully saturated rings. The van der Waals surface area contributed by atoms with Crippen molar-refractivity contribution in [3.8, 4) is 5.75 Å². The van der Waals surface area contributed by atoms with E-state index in [4.69, 9.17) is 14.2 Å². The number of carbonyl (C=O) groups excluding carboxylic acids is 3. The van der Waals surface area contributed by atoms with Gasteiger partial charge in [-0.15, -0.1) is 0 Å². The molecular weight excluding hydrogens is 364 g/mol. The topological polar surface area (TPSA) is 85.4 Å². The van der Waals surface area contributed by atoms with E-state index in [1.165, 1.54) is 11.9 Å². The van der Waals surface area contributed by atoms with E-state index in [2.05, 4.69) is 0 Å². The highest BCUT2D eigenvalue weighted by Gasteiger charge is 2.58. The SMILES string of the molecule is CN(C)CCC12OC(=O)C(=O)OC1N(C)C(=O)c1ccc3ccccc3c1O2. The van der Waals surface area contributed by atoms with E-state index < -0.39 is 24.0 Å². The van der Waals surface area contributed by atoms with E-state index in [1.54, 1.807) is 6.07 Å². The van der Waals surface area contributed by atoms with Gasteiger partial charge in [-0.05, 0) is 25.5 Å². The maximum atomic E-state index is 13.1. The van der Waals surface area contributed by atoms with Gasteiger partial charge in [-0.2, -0.15) is 0 Å². The summed E-state index contributed by atoms with van der Waals surface area (Å²) in [6, 6.07) is 10.9. The van der Waals surface area contributed by atoms with Crippen LogP contribution in [0.15, 0.2) is 36.4 Å². The number of rotatable bonds is 3. The molecule has 0 saturated carbocycles. The van der Waals surface area contributed by atoms with Crippen molar-refractivity contribution in [2.75, 3.05) is 27.7 Å². The molecule has 1 saturated heterocycles. The number of ether oxygens (including phenoxy) is 3. The summed E-state index contributed by atoms with van der Waals surface area (Å²) in [7, 11) is 5.21. The molecule has 2 heterocycles. The monoisotopic (exact) mass is 384 g/mol. The van der Waals surface area contributed by atoms with Crippen LogP contribution in [0.1, 0.15) is 16.8 Å². The van der Waals surface area contributed by atoms with Crippen LogP contribution in [0.5, 0.6) is 5.75 Å². The third-order valence-corrected chi connectivity index (χ3v) is 4.99. The van der Waals surface area contributed by atoms with Crippen LogP contribution in [0, 0.1) is 0 Å². The second-order valence-corrected chi connectivity index (χ2v) is 7.19. The first kappa shape index (κ1) is 18.2. The van der Waals surface area contributed by atoms with Crippen LogP contribution in [-0.2, 0) is 19.1 Å². The lowest BCUT2D eigenvalue weighted by molar-refractivity contribution is -0.283. The van der Waals surface area contributed by atoms with Crippen molar-refractivity contribution in [2.24, 2.45) is 0 Å². The first-order valence-corrected chi connectivity index (χ1v) is 8.89. The van der Waals surface area contributed by atoms with Crippen molar-refractivity contribution in [2.45, 2.75) is 18.4 Å². The molecule has 2 aliphatic rings. The zero-order chi connectivity index (χ0) is 20.1. The average Bonchev–Trinajstić information content (AvgIpc) is 2.76. The zero-order valence-electron chi connectivity index (χ0n) is 15.8. The summed E-state index contributed by atoms with van der Waals surface area (Å²) in [6.07, 6.45) is -0.999. The maximum Gasteiger partial charge on any atom is 0.421 e. The van der Waals surface area contributed by atoms with Crippen LogP contribution in [0.2, 0.25) is 0 Å². The Hall–Kier alpha value is -3.13. The quantitative estimate of drug-likeness (QED) is 0.584. The molecule has 8 nitrogen and oxygen atoms in total. The molecule has 0 spiro atoms. The third-order valence-electron chi connectivity index (χ3n) is 4.99. The molecule has 0 radical (unpaired) electrons. The maximum absolute atomic E-state index is 13.1. The van der Waals surface area contributed by atoms with Crippen LogP contribution in [0.3, 0.4) is 0 Å². The number of amides is 1. The minimum absolute atomic E-state index is 0.198. The van der Waals surface area contributed by atoms with Gasteiger partial charge in [-0.1, -0.05) is 30.3 Å². The van der Waals surface area contributed by atoms with Crippen molar-refractivity contribution < 1.29 is 28.6 Å². The molecule has 0 N–H and O–H groups in total. The number of fused-ring (bicyclic) bond motifs is 4. The van der Waals surface area contributed by atoms with Crippen LogP contribution in [-0.4, -0.2) is 67.3 Å². The lowest BCUT2D eigenvalue weighted by Crippen LogP contribution is -2.64. The van der Waals surface area contributed by atoms with Crippen LogP contribution in [0.4, 0.5) is 0 Å². The van der Waals surface area contributed by atoms with Crippen molar-refractivity contribution in [3.05, 3.63) is 42.0 Å². The summed E-state index contributed by atoms with van der Waals surface area (Å²) in [5.74, 6) is -4.01. The zero-order valence-corrected chi connectivity index (χ0v) is 15.8. The lowest BCUT2D eigenvalue weighted by atomic mass is 10.0. The van der Waals surface area contributed by atoms with E-state index in [0.29, 0.717) is 23.2 Å². The minimum atomic E-state index is -1.64. The number of hydrogen-bond donors (Lipinski definition) is 0. The summed E-state index contributed by atoms with van der Waals surface area (Å²) in [4.78, 5) is 40.2. The molecular formula is C20H20N2O6. The molecule has 0 aliphatic carbocycles. The largest absolute Gasteiger partial charge is 0.445 e. The van der Waals surface area contributed by atoms with E-state index in [0.717, 1.165) is 5.39 Å². The second kappa shape index (κ2) is 6.49. The van der Waals surface area contributed by atoms with E-state index >= 15 is 0 Å². The Morgan fingerprint density at radius 3 is 2.54 bits per heavy atom. The van der Waals surface area contributed by atoms with Crippen LogP contribution in [0.25, 0.3) is 10.8 Å². The third kappa shape index (κ3) is 2.77. The van der Waals surface area contributed by atoms with Gasteiger partial charge in [0, 0.05) is 25.4 Å². The summed E-state index contributed by atoms with van der Waals surface area (Å²) < 4.78 is 17.0. The summed E-state index contributed by atoms with van der Waals surface area (Å²) in [6.45, 7) is 0.476. The molecule has 2 aromatic carbocycles. The molecule has 2 unspecified atom stereocenters. The summed E-state index contributed by atoms with van der Waals surface area (Å²) >= 11 is 0. The highest BCUT2D eigenvalue weighted by Crippen LogP contribution is 2.41. The van der Waals surface area contributed by atoms with E-state index in [-0.39, 0.29) is 12.3 Å². The highest BCUT2D eigenvalue weighted by atomic mass is 16.8. The fraction of sp³-hybridized carbons (Fsp3) is 0.350. The smallest absolute Gasteiger partial charge is 0.421 e. The number of nitrogens with zero attached hydrogens (tertiary/aromatic N) is 2. The molecule has 0 aromatic heterocycles. The Balaban J connectivity index is 1.92. The van der Waals surface area contributed by atoms with E-state index in [1.807, 2.05) is 49.3 Å². The molecule has 4 rings (SSSR count). The van der Waals surface area contributed by atoms with Crippen LogP contribution >= 0.6 is 0 Å². The van der Waals surface area contributed by atoms with Gasteiger partial charge in [0.05, 0.1) is 5.56 Å². The molecule has 2 atom stereocenters. The molecule has 28 heavy (non-hydrogen) atoms. The van der Waals surface area contributed by atoms with Gasteiger partial charge >= 0.3 is 17.7 Å². The van der Waals surface area contributed by atoms with Gasteiger partial charge < -0.3 is 19.1 Å². The predicted molar refractivity (Wildman–Crippen MR) is 98.5 cm³/mol. The van der Waals surface area contributed by atoms with Gasteiger partial charge in [0.15, 0.2) is 0 Å². The van der Waals surface area contributed by atoms with Gasteiger partial charge in [-0.3, -0.25) is 9.69 Å². The fourth-order valence-corrected chi connectivity index (χ4v) is 3.53. The number of hydrogen-bond acceptors (Lipinski definition) is 7. The normalized spacial score (nSPS) is 24.2. The Bertz CT molecular complexity index is 988. The molecule has 146 valence electrons. The number of esters is 2. The van der Waals surface area contributed by atoms with Crippen molar-refractivity contribution >= 4 is 28.6 Å². The Kier molecular flexibility index (Phi) is 4.23. The molecule has 1 amide bonds. The number of likely N-dealkylation sites (N-methyl/N-ethyl adjacent to an activating group) is 1. The van der Waals surface area contributed by atoms with Crippen molar-refractivity contribution in [1.29, 1.82) is 0 Å². The second-order valence-electron chi connectivity index (χ2n) is 7.19. The average molecular weight is 384 g/mol. The molecule has 0 bridgehead atoms. The van der Waals surface area contributed by atoms with Gasteiger partial charge in [0.25, 0.3) is 12.1 Å². The standard InChI is InChI=1S/C20H20N2O6/c1-21(2)11-10-20-19(26-17(24)18(25)28-20)22(3)16(23)14-9-8-12-6-4-5-7-13(12)15(14)27-20/h4-9,19H,10-11H2,1-3H3. The van der Waals surface area contributed by atoms with Crippen LogP contribution < -0.4 is 4.74 Å². The summed E-state index contributed by atoms with van der Waals surface area (Å²) in [5.41, 5.74) is 0.312.